The van der Waals surface area contributed by atoms with Crippen molar-refractivity contribution in [2.24, 2.45) is 0 Å². The number of aromatic nitrogens is 1. The van der Waals surface area contributed by atoms with E-state index in [9.17, 15) is 14.4 Å². The molecule has 1 aromatic rings. The molecule has 0 N–H and O–H groups in total. The van der Waals surface area contributed by atoms with E-state index in [1.54, 1.807) is 6.92 Å². The minimum absolute atomic E-state index is 0.0242. The molecule has 1 heterocycles. The maximum absolute atomic E-state index is 11.8. The highest BCUT2D eigenvalue weighted by Gasteiger charge is 2.10. The number of carbonyl (C=O) groups excluding carboxylic acids is 3. The van der Waals surface area contributed by atoms with Gasteiger partial charge in [0, 0.05) is 24.2 Å². The van der Waals surface area contributed by atoms with E-state index in [1.165, 1.54) is 25.4 Å². The Hall–Kier alpha value is -2.44. The second-order valence-corrected chi connectivity index (χ2v) is 3.98. The van der Waals surface area contributed by atoms with Gasteiger partial charge in [-0.2, -0.15) is 0 Å². The quantitative estimate of drug-likeness (QED) is 0.525. The van der Waals surface area contributed by atoms with E-state index in [0.717, 1.165) is 0 Å². The van der Waals surface area contributed by atoms with Crippen LogP contribution in [0.15, 0.2) is 18.3 Å². The van der Waals surface area contributed by atoms with Crippen LogP contribution in [0.2, 0.25) is 0 Å². The maximum Gasteiger partial charge on any atom is 0.344 e. The van der Waals surface area contributed by atoms with Crippen LogP contribution < -0.4 is 4.74 Å². The molecular formula is C14H17NO6. The molecule has 0 radical (unpaired) electrons. The summed E-state index contributed by atoms with van der Waals surface area (Å²) in [5, 5.41) is 0. The Morgan fingerprint density at radius 2 is 1.90 bits per heavy atom. The van der Waals surface area contributed by atoms with Crippen LogP contribution in [0.3, 0.4) is 0 Å². The van der Waals surface area contributed by atoms with Crippen molar-refractivity contribution in [3.63, 3.8) is 0 Å². The molecule has 1 aromatic heterocycles. The van der Waals surface area contributed by atoms with Gasteiger partial charge >= 0.3 is 11.9 Å². The van der Waals surface area contributed by atoms with Crippen LogP contribution >= 0.6 is 0 Å². The number of ether oxygens (including phenoxy) is 3. The number of pyridine rings is 1. The van der Waals surface area contributed by atoms with Crippen LogP contribution in [-0.4, -0.2) is 43.0 Å². The van der Waals surface area contributed by atoms with E-state index >= 15 is 0 Å². The first kappa shape index (κ1) is 16.6. The molecule has 114 valence electrons. The number of ketones is 1. The topological polar surface area (TPSA) is 91.8 Å². The van der Waals surface area contributed by atoms with E-state index < -0.39 is 11.9 Å². The minimum Gasteiger partial charge on any atom is -0.469 e. The lowest BCUT2D eigenvalue weighted by Gasteiger charge is -2.05. The predicted octanol–water partition coefficient (Wildman–Crippen LogP) is 1.16. The molecule has 1 rings (SSSR count). The maximum atomic E-state index is 11.8. The largest absolute Gasteiger partial charge is 0.469 e. The van der Waals surface area contributed by atoms with Crippen molar-refractivity contribution in [3.8, 4) is 5.88 Å². The third-order valence-electron chi connectivity index (χ3n) is 2.49. The lowest BCUT2D eigenvalue weighted by Crippen LogP contribution is -2.15. The van der Waals surface area contributed by atoms with E-state index in [0.29, 0.717) is 5.56 Å². The van der Waals surface area contributed by atoms with Crippen molar-refractivity contribution in [3.05, 3.63) is 23.9 Å². The standard InChI is InChI=1S/C14H17NO6/c1-3-20-14(18)9-21-12-6-4-10(8-15-12)11(16)5-7-13(17)19-2/h4,6,8H,3,5,7,9H2,1-2H3. The Morgan fingerprint density at radius 1 is 1.14 bits per heavy atom. The van der Waals surface area contributed by atoms with Crippen molar-refractivity contribution >= 4 is 17.7 Å². The molecule has 0 saturated carbocycles. The first-order valence-electron chi connectivity index (χ1n) is 6.41. The smallest absolute Gasteiger partial charge is 0.344 e. The molecule has 0 amide bonds. The minimum atomic E-state index is -0.488. The van der Waals surface area contributed by atoms with Gasteiger partial charge in [-0.25, -0.2) is 9.78 Å². The van der Waals surface area contributed by atoms with Crippen molar-refractivity contribution in [1.29, 1.82) is 0 Å². The fourth-order valence-electron chi connectivity index (χ4n) is 1.43. The summed E-state index contributed by atoms with van der Waals surface area (Å²) in [4.78, 5) is 37.7. The summed E-state index contributed by atoms with van der Waals surface area (Å²) in [7, 11) is 1.27. The zero-order valence-electron chi connectivity index (χ0n) is 12.0. The van der Waals surface area contributed by atoms with Gasteiger partial charge in [-0.3, -0.25) is 9.59 Å². The zero-order valence-corrected chi connectivity index (χ0v) is 12.0. The fraction of sp³-hybridized carbons (Fsp3) is 0.429. The summed E-state index contributed by atoms with van der Waals surface area (Å²) < 4.78 is 14.3. The van der Waals surface area contributed by atoms with Gasteiger partial charge < -0.3 is 14.2 Å². The summed E-state index contributed by atoms with van der Waals surface area (Å²) in [6.45, 7) is 1.74. The van der Waals surface area contributed by atoms with Crippen molar-refractivity contribution in [2.75, 3.05) is 20.3 Å². The fourth-order valence-corrected chi connectivity index (χ4v) is 1.43. The van der Waals surface area contributed by atoms with E-state index in [-0.39, 0.29) is 37.7 Å². The summed E-state index contributed by atoms with van der Waals surface area (Å²) in [6, 6.07) is 3.00. The van der Waals surface area contributed by atoms with Crippen LogP contribution in [0.1, 0.15) is 30.1 Å². The van der Waals surface area contributed by atoms with Gasteiger partial charge in [0.05, 0.1) is 20.1 Å². The molecule has 0 saturated heterocycles. The van der Waals surface area contributed by atoms with E-state index in [1.807, 2.05) is 0 Å². The molecule has 7 heteroatoms. The summed E-state index contributed by atoms with van der Waals surface area (Å²) >= 11 is 0. The predicted molar refractivity (Wildman–Crippen MR) is 71.9 cm³/mol. The van der Waals surface area contributed by atoms with Crippen molar-refractivity contribution in [2.45, 2.75) is 19.8 Å². The normalized spacial score (nSPS) is 9.81. The molecule has 0 aliphatic heterocycles. The molecule has 0 unspecified atom stereocenters. The van der Waals surface area contributed by atoms with E-state index in [4.69, 9.17) is 9.47 Å². The van der Waals surface area contributed by atoms with Gasteiger partial charge in [0.25, 0.3) is 0 Å². The highest BCUT2D eigenvalue weighted by atomic mass is 16.6. The molecule has 0 aliphatic carbocycles. The number of methoxy groups -OCH3 is 1. The molecule has 0 spiro atoms. The molecule has 0 bridgehead atoms. The second-order valence-electron chi connectivity index (χ2n) is 3.98. The molecule has 0 aliphatic rings. The summed E-state index contributed by atoms with van der Waals surface area (Å²) in [6.07, 6.45) is 1.41. The number of rotatable bonds is 8. The van der Waals surface area contributed by atoms with Crippen LogP contribution in [0.5, 0.6) is 5.88 Å². The third kappa shape index (κ3) is 6.03. The van der Waals surface area contributed by atoms with Gasteiger partial charge in [-0.1, -0.05) is 0 Å². The Balaban J connectivity index is 2.47. The lowest BCUT2D eigenvalue weighted by molar-refractivity contribution is -0.145. The number of nitrogens with zero attached hydrogens (tertiary/aromatic N) is 1. The molecule has 0 aromatic carbocycles. The van der Waals surface area contributed by atoms with E-state index in [2.05, 4.69) is 9.72 Å². The number of esters is 2. The average Bonchev–Trinajstić information content (AvgIpc) is 2.51. The van der Waals surface area contributed by atoms with Crippen molar-refractivity contribution < 1.29 is 28.6 Å². The highest BCUT2D eigenvalue weighted by molar-refractivity contribution is 5.97. The SMILES string of the molecule is CCOC(=O)COc1ccc(C(=O)CCC(=O)OC)cn1. The van der Waals surface area contributed by atoms with Crippen LogP contribution in [-0.2, 0) is 19.1 Å². The molecular weight excluding hydrogens is 278 g/mol. The highest BCUT2D eigenvalue weighted by Crippen LogP contribution is 2.10. The van der Waals surface area contributed by atoms with Crippen molar-refractivity contribution in [1.82, 2.24) is 4.98 Å². The second kappa shape index (κ2) is 8.68. The zero-order chi connectivity index (χ0) is 15.7. The lowest BCUT2D eigenvalue weighted by atomic mass is 10.1. The monoisotopic (exact) mass is 295 g/mol. The van der Waals surface area contributed by atoms with Crippen LogP contribution in [0.25, 0.3) is 0 Å². The number of hydrogen-bond donors (Lipinski definition) is 0. The third-order valence-corrected chi connectivity index (χ3v) is 2.49. The first-order chi connectivity index (χ1) is 10.1. The summed E-state index contributed by atoms with van der Waals surface area (Å²) in [5.74, 6) is -0.930. The first-order valence-corrected chi connectivity index (χ1v) is 6.41. The number of Topliss-reactive ketones (excluding diaryl/α,β-unsaturated/α-hetero) is 1. The van der Waals surface area contributed by atoms with Gasteiger partial charge in [0.2, 0.25) is 5.88 Å². The Bertz CT molecular complexity index is 497. The van der Waals surface area contributed by atoms with Crippen LogP contribution in [0.4, 0.5) is 0 Å². The average molecular weight is 295 g/mol. The molecule has 7 nitrogen and oxygen atoms in total. The Kier molecular flexibility index (Phi) is 6.86. The van der Waals surface area contributed by atoms with Gasteiger partial charge in [0.15, 0.2) is 12.4 Å². The number of hydrogen-bond acceptors (Lipinski definition) is 7. The van der Waals surface area contributed by atoms with Gasteiger partial charge in [0.1, 0.15) is 0 Å². The Morgan fingerprint density at radius 3 is 2.48 bits per heavy atom. The summed E-state index contributed by atoms with van der Waals surface area (Å²) in [5.41, 5.74) is 0.363. The molecule has 21 heavy (non-hydrogen) atoms. The van der Waals surface area contributed by atoms with Crippen LogP contribution in [0, 0.1) is 0 Å². The number of carbonyl (C=O) groups is 3. The molecule has 0 atom stereocenters. The van der Waals surface area contributed by atoms with Gasteiger partial charge in [-0.05, 0) is 13.0 Å². The Labute approximate surface area is 122 Å². The molecule has 0 fully saturated rings. The van der Waals surface area contributed by atoms with Gasteiger partial charge in [-0.15, -0.1) is 0 Å².